The highest BCUT2D eigenvalue weighted by atomic mass is 14.3. The van der Waals surface area contributed by atoms with Crippen molar-refractivity contribution in [2.24, 2.45) is 0 Å². The Morgan fingerprint density at radius 1 is 0.185 bits per heavy atom. The molecule has 0 heterocycles. The fourth-order valence-electron chi connectivity index (χ4n) is 8.46. The summed E-state index contributed by atoms with van der Waals surface area (Å²) in [6, 6.07) is 79.9. The molecule has 0 aliphatic carbocycles. The molecule has 0 saturated heterocycles. The number of fused-ring (bicyclic) bond motifs is 3. The third-order valence-electron chi connectivity index (χ3n) is 10.9. The van der Waals surface area contributed by atoms with Crippen LogP contribution in [0.1, 0.15) is 0 Å². The van der Waals surface area contributed by atoms with Crippen LogP contribution in [-0.4, -0.2) is 0 Å². The fourth-order valence-corrected chi connectivity index (χ4v) is 8.46. The zero-order chi connectivity index (χ0) is 35.8. The van der Waals surface area contributed by atoms with E-state index in [1.54, 1.807) is 0 Å². The maximum absolute atomic E-state index is 2.50. The van der Waals surface area contributed by atoms with Crippen LogP contribution in [0.15, 0.2) is 218 Å². The van der Waals surface area contributed by atoms with Crippen LogP contribution in [0.25, 0.3) is 99.1 Å². The molecule has 10 rings (SSSR count). The summed E-state index contributed by atoms with van der Waals surface area (Å²) in [7, 11) is 0. The minimum absolute atomic E-state index is 1.20. The highest BCUT2D eigenvalue weighted by Gasteiger charge is 2.24. The molecule has 0 N–H and O–H groups in total. The van der Waals surface area contributed by atoms with E-state index >= 15 is 0 Å². The first-order chi connectivity index (χ1) is 26.8. The molecule has 0 amide bonds. The first-order valence-electron chi connectivity index (χ1n) is 18.7. The zero-order valence-electron chi connectivity index (χ0n) is 29.8. The molecule has 0 bridgehead atoms. The second kappa shape index (κ2) is 13.5. The Balaban J connectivity index is 1.50. The van der Waals surface area contributed by atoms with Crippen molar-refractivity contribution >= 4 is 32.3 Å². The number of rotatable bonds is 6. The summed E-state index contributed by atoms with van der Waals surface area (Å²) in [5.74, 6) is 0. The highest BCUT2D eigenvalue weighted by molar-refractivity contribution is 6.30. The van der Waals surface area contributed by atoms with Crippen LogP contribution in [0.3, 0.4) is 0 Å². The Morgan fingerprint density at radius 3 is 0.722 bits per heavy atom. The van der Waals surface area contributed by atoms with Gasteiger partial charge in [0.2, 0.25) is 0 Å². The zero-order valence-corrected chi connectivity index (χ0v) is 29.8. The lowest BCUT2D eigenvalue weighted by Crippen LogP contribution is -1.97. The van der Waals surface area contributed by atoms with Crippen LogP contribution in [0.2, 0.25) is 0 Å². The van der Waals surface area contributed by atoms with Gasteiger partial charge in [-0.25, -0.2) is 0 Å². The molecule has 54 heavy (non-hydrogen) atoms. The third kappa shape index (κ3) is 5.40. The first kappa shape index (κ1) is 31.7. The predicted molar refractivity (Wildman–Crippen MR) is 232 cm³/mol. The maximum Gasteiger partial charge on any atom is -0.000786 e. The molecule has 0 fully saturated rings. The molecule has 0 aromatic heterocycles. The van der Waals surface area contributed by atoms with Crippen LogP contribution < -0.4 is 0 Å². The van der Waals surface area contributed by atoms with Crippen LogP contribution in [-0.2, 0) is 0 Å². The molecule has 10 aromatic carbocycles. The molecular weight excluding hydrogens is 649 g/mol. The Labute approximate surface area is 316 Å². The molecule has 0 unspecified atom stereocenters. The van der Waals surface area contributed by atoms with E-state index < -0.39 is 0 Å². The van der Waals surface area contributed by atoms with Gasteiger partial charge in [-0.15, -0.1) is 0 Å². The Hall–Kier alpha value is -7.02. The summed E-state index contributed by atoms with van der Waals surface area (Å²) >= 11 is 0. The van der Waals surface area contributed by atoms with E-state index in [9.17, 15) is 0 Å². The second-order valence-corrected chi connectivity index (χ2v) is 14.0. The van der Waals surface area contributed by atoms with Gasteiger partial charge in [0.05, 0.1) is 0 Å². The average molecular weight is 685 g/mol. The van der Waals surface area contributed by atoms with E-state index in [4.69, 9.17) is 0 Å². The van der Waals surface area contributed by atoms with Crippen molar-refractivity contribution in [1.82, 2.24) is 0 Å². The van der Waals surface area contributed by atoms with E-state index in [-0.39, 0.29) is 0 Å². The van der Waals surface area contributed by atoms with Crippen LogP contribution in [0, 0.1) is 0 Å². The lowest BCUT2D eigenvalue weighted by atomic mass is 9.79. The van der Waals surface area contributed by atoms with Gasteiger partial charge in [0.1, 0.15) is 0 Å². The van der Waals surface area contributed by atoms with Gasteiger partial charge < -0.3 is 0 Å². The quantitative estimate of drug-likeness (QED) is 0.153. The SMILES string of the molecule is c1ccc(-c2ccc(-c3ccccc3)c3cc4c(-c5ccccc5)c5c(-c6ccccc6)ccc(-c6ccccc6)c5c(-c5ccccc5)c4cc23)cc1. The molecule has 252 valence electrons. The van der Waals surface area contributed by atoms with E-state index in [2.05, 4.69) is 218 Å². The number of benzene rings is 10. The van der Waals surface area contributed by atoms with E-state index in [1.165, 1.54) is 99.1 Å². The monoisotopic (exact) mass is 684 g/mol. The summed E-state index contributed by atoms with van der Waals surface area (Å²) in [6.45, 7) is 0. The van der Waals surface area contributed by atoms with Crippen molar-refractivity contribution in [3.63, 3.8) is 0 Å². The number of hydrogen-bond acceptors (Lipinski definition) is 0. The largest absolute Gasteiger partial charge is 0.0622 e. The second-order valence-electron chi connectivity index (χ2n) is 14.0. The average Bonchev–Trinajstić information content (AvgIpc) is 3.26. The molecule has 0 saturated carbocycles. The molecule has 0 nitrogen and oxygen atoms in total. The van der Waals surface area contributed by atoms with Crippen molar-refractivity contribution in [3.05, 3.63) is 218 Å². The van der Waals surface area contributed by atoms with Crippen molar-refractivity contribution in [3.8, 4) is 66.8 Å². The topological polar surface area (TPSA) is 0 Å². The van der Waals surface area contributed by atoms with Gasteiger partial charge in [-0.05, 0) is 111 Å². The maximum atomic E-state index is 2.50. The van der Waals surface area contributed by atoms with Crippen LogP contribution >= 0.6 is 0 Å². The van der Waals surface area contributed by atoms with Crippen molar-refractivity contribution in [1.29, 1.82) is 0 Å². The lowest BCUT2D eigenvalue weighted by Gasteiger charge is -2.24. The molecule has 0 spiro atoms. The van der Waals surface area contributed by atoms with E-state index in [1.807, 2.05) is 0 Å². The molecule has 0 aliphatic rings. The Bertz CT molecular complexity index is 2710. The minimum Gasteiger partial charge on any atom is -0.0622 e. The molecule has 0 radical (unpaired) electrons. The van der Waals surface area contributed by atoms with Gasteiger partial charge in [-0.3, -0.25) is 0 Å². The Morgan fingerprint density at radius 2 is 0.426 bits per heavy atom. The van der Waals surface area contributed by atoms with Crippen molar-refractivity contribution in [2.45, 2.75) is 0 Å². The lowest BCUT2D eigenvalue weighted by molar-refractivity contribution is 1.61. The summed E-state index contributed by atoms with van der Waals surface area (Å²) in [5.41, 5.74) is 14.7. The summed E-state index contributed by atoms with van der Waals surface area (Å²) < 4.78 is 0. The normalized spacial score (nSPS) is 11.3. The smallest absolute Gasteiger partial charge is 0.000786 e. The molecule has 10 aromatic rings. The predicted octanol–water partition coefficient (Wildman–Crippen LogP) is 15.1. The van der Waals surface area contributed by atoms with Crippen LogP contribution in [0.4, 0.5) is 0 Å². The highest BCUT2D eigenvalue weighted by Crippen LogP contribution is 2.52. The van der Waals surface area contributed by atoms with Crippen LogP contribution in [0.5, 0.6) is 0 Å². The summed E-state index contributed by atoms with van der Waals surface area (Å²) in [4.78, 5) is 0. The molecule has 0 heteroatoms. The molecular formula is C54H36. The number of hydrogen-bond donors (Lipinski definition) is 0. The van der Waals surface area contributed by atoms with Gasteiger partial charge in [0.25, 0.3) is 0 Å². The Kier molecular flexibility index (Phi) is 7.93. The van der Waals surface area contributed by atoms with E-state index in [0.29, 0.717) is 0 Å². The molecule has 0 aliphatic heterocycles. The first-order valence-corrected chi connectivity index (χ1v) is 18.7. The van der Waals surface area contributed by atoms with E-state index in [0.717, 1.165) is 0 Å². The van der Waals surface area contributed by atoms with Gasteiger partial charge >= 0.3 is 0 Å². The third-order valence-corrected chi connectivity index (χ3v) is 10.9. The standard InChI is InChI=1S/C54H36/c1-7-19-37(20-8-1)43-31-32-44(38-21-9-2-10-22-38)48-36-50-49(35-47(43)48)51(41-27-15-5-16-28-41)53-45(39-23-11-3-12-24-39)33-34-46(40-25-13-4-14-26-40)54(53)52(50)42-29-17-6-18-30-42/h1-36H. The summed E-state index contributed by atoms with van der Waals surface area (Å²) in [6.07, 6.45) is 0. The van der Waals surface area contributed by atoms with Crippen molar-refractivity contribution in [2.75, 3.05) is 0 Å². The minimum atomic E-state index is 1.20. The summed E-state index contributed by atoms with van der Waals surface area (Å²) in [5, 5.41) is 7.49. The van der Waals surface area contributed by atoms with Gasteiger partial charge in [-0.2, -0.15) is 0 Å². The fraction of sp³-hybridized carbons (Fsp3) is 0. The van der Waals surface area contributed by atoms with Crippen molar-refractivity contribution < 1.29 is 0 Å². The van der Waals surface area contributed by atoms with Gasteiger partial charge in [0.15, 0.2) is 0 Å². The van der Waals surface area contributed by atoms with Gasteiger partial charge in [-0.1, -0.05) is 206 Å². The van der Waals surface area contributed by atoms with Gasteiger partial charge in [0, 0.05) is 0 Å². The molecule has 0 atom stereocenters.